The molecule has 0 atom stereocenters. The van der Waals surface area contributed by atoms with Crippen molar-refractivity contribution in [2.75, 3.05) is 0 Å². The van der Waals surface area contributed by atoms with Crippen molar-refractivity contribution in [1.82, 2.24) is 19.7 Å². The van der Waals surface area contributed by atoms with Crippen molar-refractivity contribution in [3.05, 3.63) is 78.6 Å². The molecule has 0 saturated heterocycles. The molecular weight excluding hydrogens is 395 g/mol. The molecule has 0 saturated carbocycles. The third-order valence-electron chi connectivity index (χ3n) is 4.66. The molecule has 0 radical (unpaired) electrons. The van der Waals surface area contributed by atoms with Gasteiger partial charge in [-0.05, 0) is 56.2 Å². The quantitative estimate of drug-likeness (QED) is 0.461. The average Bonchev–Trinajstić information content (AvgIpc) is 3.15. The lowest BCUT2D eigenvalue weighted by Crippen LogP contribution is -2.32. The van der Waals surface area contributed by atoms with Gasteiger partial charge in [-0.2, -0.15) is 4.39 Å². The second-order valence-electron chi connectivity index (χ2n) is 8.21. The van der Waals surface area contributed by atoms with Crippen molar-refractivity contribution in [3.63, 3.8) is 0 Å². The van der Waals surface area contributed by atoms with Gasteiger partial charge in [0.25, 0.3) is 0 Å². The van der Waals surface area contributed by atoms with Crippen LogP contribution < -0.4 is 5.32 Å². The van der Waals surface area contributed by atoms with Crippen LogP contribution in [-0.2, 0) is 11.3 Å². The third-order valence-corrected chi connectivity index (χ3v) is 4.66. The zero-order valence-corrected chi connectivity index (χ0v) is 17.6. The molecule has 158 valence electrons. The summed E-state index contributed by atoms with van der Waals surface area (Å²) in [6, 6.07) is 14.8. The van der Waals surface area contributed by atoms with Crippen LogP contribution in [0.3, 0.4) is 0 Å². The van der Waals surface area contributed by atoms with Crippen molar-refractivity contribution >= 4 is 11.7 Å². The summed E-state index contributed by atoms with van der Waals surface area (Å²) in [5.74, 6) is -0.502. The minimum absolute atomic E-state index is 0.386. The number of carbonyl (C=O) groups excluding carboxylic acids is 1. The average molecular weight is 418 g/mol. The van der Waals surface area contributed by atoms with Crippen molar-refractivity contribution in [2.45, 2.75) is 32.9 Å². The fourth-order valence-electron chi connectivity index (χ4n) is 3.20. The number of alkyl carbamates (subject to hydrolysis) is 1. The lowest BCUT2D eigenvalue weighted by molar-refractivity contribution is 0.0523. The molecule has 1 aromatic carbocycles. The van der Waals surface area contributed by atoms with Crippen LogP contribution in [0.25, 0.3) is 28.0 Å². The maximum absolute atomic E-state index is 13.1. The summed E-state index contributed by atoms with van der Waals surface area (Å²) in [5, 5.41) is 2.76. The van der Waals surface area contributed by atoms with E-state index in [1.54, 1.807) is 6.07 Å². The number of fused-ring (bicyclic) bond motifs is 1. The van der Waals surface area contributed by atoms with Gasteiger partial charge in [0.15, 0.2) is 0 Å². The standard InChI is InChI=1S/C24H23FN4O2/c1-24(2,3)31-23(30)28-13-16-4-6-17(7-5-16)20-15-27-22-12-18(10-11-29(20)22)19-8-9-21(25)26-14-19/h4-12,14-15H,13H2,1-3H3,(H,28,30). The Morgan fingerprint density at radius 2 is 1.74 bits per heavy atom. The first-order valence-electron chi connectivity index (χ1n) is 9.94. The van der Waals surface area contributed by atoms with Crippen LogP contribution >= 0.6 is 0 Å². The van der Waals surface area contributed by atoms with Crippen molar-refractivity contribution in [1.29, 1.82) is 0 Å². The highest BCUT2D eigenvalue weighted by molar-refractivity contribution is 5.71. The SMILES string of the molecule is CC(C)(C)OC(=O)NCc1ccc(-c2cnc3cc(-c4ccc(F)nc4)ccn23)cc1. The highest BCUT2D eigenvalue weighted by atomic mass is 19.1. The summed E-state index contributed by atoms with van der Waals surface area (Å²) in [5.41, 5.74) is 4.93. The molecule has 1 amide bonds. The number of halogens is 1. The van der Waals surface area contributed by atoms with Gasteiger partial charge in [0.05, 0.1) is 11.9 Å². The molecule has 4 aromatic rings. The lowest BCUT2D eigenvalue weighted by atomic mass is 10.1. The van der Waals surface area contributed by atoms with E-state index in [1.807, 2.05) is 74.0 Å². The largest absolute Gasteiger partial charge is 0.444 e. The normalized spacial score (nSPS) is 11.5. The molecule has 0 aliphatic rings. The monoisotopic (exact) mass is 418 g/mol. The van der Waals surface area contributed by atoms with Crippen LogP contribution in [0, 0.1) is 5.95 Å². The summed E-state index contributed by atoms with van der Waals surface area (Å²) < 4.78 is 20.3. The van der Waals surface area contributed by atoms with E-state index in [0.29, 0.717) is 6.54 Å². The number of rotatable bonds is 4. The van der Waals surface area contributed by atoms with E-state index in [1.165, 1.54) is 12.3 Å². The molecule has 0 unspecified atom stereocenters. The molecule has 7 heteroatoms. The first-order chi connectivity index (χ1) is 14.8. The number of amides is 1. The van der Waals surface area contributed by atoms with Crippen molar-refractivity contribution in [2.24, 2.45) is 0 Å². The summed E-state index contributed by atoms with van der Waals surface area (Å²) in [6.07, 6.45) is 4.82. The predicted octanol–water partition coefficient (Wildman–Crippen LogP) is 5.23. The van der Waals surface area contributed by atoms with Gasteiger partial charge in [-0.15, -0.1) is 0 Å². The molecule has 0 bridgehead atoms. The summed E-state index contributed by atoms with van der Waals surface area (Å²) >= 11 is 0. The van der Waals surface area contributed by atoms with Gasteiger partial charge in [0.1, 0.15) is 11.2 Å². The highest BCUT2D eigenvalue weighted by Gasteiger charge is 2.15. The summed E-state index contributed by atoms with van der Waals surface area (Å²) in [7, 11) is 0. The molecule has 0 spiro atoms. The lowest BCUT2D eigenvalue weighted by Gasteiger charge is -2.19. The Balaban J connectivity index is 1.50. The zero-order chi connectivity index (χ0) is 22.0. The molecule has 0 aliphatic heterocycles. The Labute approximate surface area is 179 Å². The second kappa shape index (κ2) is 8.18. The fraction of sp³-hybridized carbons (Fsp3) is 0.208. The van der Waals surface area contributed by atoms with Crippen LogP contribution in [0.15, 0.2) is 67.1 Å². The van der Waals surface area contributed by atoms with Gasteiger partial charge in [-0.3, -0.25) is 4.40 Å². The number of nitrogens with zero attached hydrogens (tertiary/aromatic N) is 3. The van der Waals surface area contributed by atoms with Crippen LogP contribution in [0.4, 0.5) is 9.18 Å². The van der Waals surface area contributed by atoms with Crippen LogP contribution in [0.2, 0.25) is 0 Å². The number of ether oxygens (including phenoxy) is 1. The molecule has 0 aliphatic carbocycles. The maximum Gasteiger partial charge on any atom is 0.407 e. The van der Waals surface area contributed by atoms with Crippen LogP contribution in [0.1, 0.15) is 26.3 Å². The molecule has 6 nitrogen and oxygen atoms in total. The van der Waals surface area contributed by atoms with E-state index in [4.69, 9.17) is 4.74 Å². The molecule has 0 fully saturated rings. The van der Waals surface area contributed by atoms with Crippen LogP contribution in [-0.4, -0.2) is 26.1 Å². The first-order valence-corrected chi connectivity index (χ1v) is 9.94. The number of imidazole rings is 1. The minimum atomic E-state index is -0.524. The molecule has 1 N–H and O–H groups in total. The number of aromatic nitrogens is 3. The van der Waals surface area contributed by atoms with E-state index >= 15 is 0 Å². The van der Waals surface area contributed by atoms with Gasteiger partial charge < -0.3 is 10.1 Å². The smallest absolute Gasteiger partial charge is 0.407 e. The van der Waals surface area contributed by atoms with Crippen molar-refractivity contribution < 1.29 is 13.9 Å². The molecule has 31 heavy (non-hydrogen) atoms. The minimum Gasteiger partial charge on any atom is -0.444 e. The van der Waals surface area contributed by atoms with Gasteiger partial charge >= 0.3 is 6.09 Å². The van der Waals surface area contributed by atoms with E-state index in [2.05, 4.69) is 15.3 Å². The molecular formula is C24H23FN4O2. The molecule has 3 aromatic heterocycles. The number of pyridine rings is 2. The third kappa shape index (κ3) is 4.88. The molecule has 4 rings (SSSR count). The fourth-order valence-corrected chi connectivity index (χ4v) is 3.20. The van der Waals surface area contributed by atoms with Gasteiger partial charge in [-0.25, -0.2) is 14.8 Å². The topological polar surface area (TPSA) is 68.5 Å². The van der Waals surface area contributed by atoms with Crippen LogP contribution in [0.5, 0.6) is 0 Å². The number of benzene rings is 1. The Hall–Kier alpha value is -3.74. The van der Waals surface area contributed by atoms with Gasteiger partial charge in [-0.1, -0.05) is 24.3 Å². The number of hydrogen-bond donors (Lipinski definition) is 1. The molecule has 3 heterocycles. The Morgan fingerprint density at radius 1 is 1.00 bits per heavy atom. The maximum atomic E-state index is 13.1. The summed E-state index contributed by atoms with van der Waals surface area (Å²) in [6.45, 7) is 5.88. The van der Waals surface area contributed by atoms with Gasteiger partial charge in [0, 0.05) is 30.1 Å². The number of hydrogen-bond acceptors (Lipinski definition) is 4. The van der Waals surface area contributed by atoms with E-state index in [-0.39, 0.29) is 0 Å². The van der Waals surface area contributed by atoms with E-state index in [0.717, 1.165) is 33.6 Å². The second-order valence-corrected chi connectivity index (χ2v) is 8.21. The van der Waals surface area contributed by atoms with Crippen molar-refractivity contribution in [3.8, 4) is 22.4 Å². The highest BCUT2D eigenvalue weighted by Crippen LogP contribution is 2.25. The Bertz CT molecular complexity index is 1210. The Morgan fingerprint density at radius 3 is 2.42 bits per heavy atom. The number of nitrogens with one attached hydrogen (secondary N) is 1. The van der Waals surface area contributed by atoms with E-state index < -0.39 is 17.6 Å². The van der Waals surface area contributed by atoms with Gasteiger partial charge in [0.2, 0.25) is 5.95 Å². The zero-order valence-electron chi connectivity index (χ0n) is 17.6. The Kier molecular flexibility index (Phi) is 5.42. The summed E-state index contributed by atoms with van der Waals surface area (Å²) in [4.78, 5) is 20.0. The predicted molar refractivity (Wildman–Crippen MR) is 117 cm³/mol. The first kappa shape index (κ1) is 20.5. The number of carbonyl (C=O) groups is 1. The van der Waals surface area contributed by atoms with E-state index in [9.17, 15) is 9.18 Å².